The van der Waals surface area contributed by atoms with Gasteiger partial charge < -0.3 is 0 Å². The molecule has 0 bridgehead atoms. The monoisotopic (exact) mass is 575 g/mol. The molecule has 5 aliphatic carbocycles. The molecule has 6 N–H and O–H groups in total. The third-order valence-electron chi connectivity index (χ3n) is 10.6. The number of nitrogens with zero attached hydrogens (tertiary/aromatic N) is 3. The van der Waals surface area contributed by atoms with Gasteiger partial charge in [-0.15, -0.1) is 0 Å². The zero-order valence-electron chi connectivity index (χ0n) is 24.9. The Morgan fingerprint density at radius 2 is 1.76 bits per heavy atom. The van der Waals surface area contributed by atoms with E-state index in [0.717, 1.165) is 22.7 Å². The van der Waals surface area contributed by atoms with E-state index in [-0.39, 0.29) is 34.6 Å². The molecule has 0 spiro atoms. The summed E-state index contributed by atoms with van der Waals surface area (Å²) in [7, 11) is 15.6. The Hall–Kier alpha value is -3.15. The van der Waals surface area contributed by atoms with E-state index in [1.165, 1.54) is 25.7 Å². The molecular formula is C31H40BN4O6. The van der Waals surface area contributed by atoms with E-state index in [4.69, 9.17) is 13.2 Å². The number of aliphatic hydroxyl groups excluding tert-OH is 2. The first-order chi connectivity index (χ1) is 19.7. The van der Waals surface area contributed by atoms with Gasteiger partial charge in [0.05, 0.1) is 0 Å². The molecule has 11 heteroatoms. The number of carbonyl (C=O) groups is 2. The number of nitrogens with two attached hydrogens (primary N) is 1. The Balaban J connectivity index is 1.47. The summed E-state index contributed by atoms with van der Waals surface area (Å²) in [5, 5.41) is 46.0. The van der Waals surface area contributed by atoms with Gasteiger partial charge in [0.15, 0.2) is 0 Å². The number of aromatic hydroxyl groups is 1. The number of likely N-dealkylation sites (N-methyl/N-ethyl adjacent to an activating group) is 1. The fourth-order valence-electron chi connectivity index (χ4n) is 8.41. The third kappa shape index (κ3) is 3.86. The fraction of sp³-hybridized carbons (Fsp3) is 0.581. The average Bonchev–Trinajstić information content (AvgIpc) is 3.78. The van der Waals surface area contributed by atoms with Crippen molar-refractivity contribution in [3.63, 3.8) is 0 Å². The van der Waals surface area contributed by atoms with Crippen LogP contribution in [0.3, 0.4) is 0 Å². The van der Waals surface area contributed by atoms with Gasteiger partial charge in [-0.2, -0.15) is 0 Å². The maximum atomic E-state index is 14.2. The van der Waals surface area contributed by atoms with Crippen molar-refractivity contribution in [3.05, 3.63) is 39.7 Å². The van der Waals surface area contributed by atoms with Crippen molar-refractivity contribution in [2.45, 2.75) is 62.3 Å². The van der Waals surface area contributed by atoms with Crippen LogP contribution in [-0.4, -0.2) is 107 Å². The van der Waals surface area contributed by atoms with Crippen LogP contribution >= 0.6 is 0 Å². The van der Waals surface area contributed by atoms with E-state index in [2.05, 4.69) is 11.9 Å². The first kappa shape index (κ1) is 29.0. The van der Waals surface area contributed by atoms with E-state index >= 15 is 0 Å². The number of benzene rings is 1. The molecule has 10 nitrogen and oxygen atoms in total. The summed E-state index contributed by atoms with van der Waals surface area (Å²) in [6.07, 6.45) is 5.38. The number of phenolic OH excluding ortho intramolecular Hbond substituents is 1. The number of primary amides is 1. The van der Waals surface area contributed by atoms with Crippen LogP contribution in [0.4, 0.5) is 5.69 Å². The molecule has 0 heterocycles. The van der Waals surface area contributed by atoms with Crippen LogP contribution in [0.5, 0.6) is 5.75 Å². The fourth-order valence-corrected chi connectivity index (χ4v) is 8.41. The van der Waals surface area contributed by atoms with Crippen molar-refractivity contribution < 1.29 is 30.0 Å². The predicted octanol–water partition coefficient (Wildman–Crippen LogP) is 1.18. The van der Waals surface area contributed by atoms with Gasteiger partial charge in [0.1, 0.15) is 0 Å². The van der Waals surface area contributed by atoms with Crippen LogP contribution in [0.1, 0.15) is 48.8 Å². The van der Waals surface area contributed by atoms with Crippen LogP contribution in [0.15, 0.2) is 23.0 Å². The van der Waals surface area contributed by atoms with Gasteiger partial charge in [-0.3, -0.25) is 0 Å². The molecule has 0 aliphatic heterocycles. The van der Waals surface area contributed by atoms with Crippen LogP contribution in [-0.2, 0) is 22.6 Å². The van der Waals surface area contributed by atoms with E-state index in [0.29, 0.717) is 13.0 Å². The number of aliphatic hydroxyl groups is 3. The van der Waals surface area contributed by atoms with Crippen molar-refractivity contribution in [2.75, 3.05) is 40.1 Å². The van der Waals surface area contributed by atoms with Crippen molar-refractivity contribution >= 4 is 36.1 Å². The number of amides is 1. The molecule has 6 rings (SSSR count). The van der Waals surface area contributed by atoms with Gasteiger partial charge in [-0.1, -0.05) is 0 Å². The number of hydrogen-bond donors (Lipinski definition) is 5. The second-order valence-corrected chi connectivity index (χ2v) is 13.4. The summed E-state index contributed by atoms with van der Waals surface area (Å²) in [5.74, 6) is -3.55. The summed E-state index contributed by atoms with van der Waals surface area (Å²) in [6.45, 7) is 0.636. The first-order valence-corrected chi connectivity index (χ1v) is 14.7. The second-order valence-electron chi connectivity index (χ2n) is 13.4. The molecule has 5 aliphatic rings. The van der Waals surface area contributed by atoms with Crippen LogP contribution in [0.25, 0.3) is 5.76 Å². The minimum absolute atomic E-state index is 0.0394. The molecule has 1 amide bonds. The average molecular weight is 575 g/mol. The van der Waals surface area contributed by atoms with Gasteiger partial charge in [0.2, 0.25) is 0 Å². The molecule has 42 heavy (non-hydrogen) atoms. The molecular weight excluding hydrogens is 535 g/mol. The zero-order chi connectivity index (χ0) is 30.6. The van der Waals surface area contributed by atoms with E-state index in [1.54, 1.807) is 25.1 Å². The number of fused-ring (bicyclic) bond motifs is 3. The van der Waals surface area contributed by atoms with Gasteiger partial charge in [-0.05, 0) is 31.6 Å². The van der Waals surface area contributed by atoms with Crippen molar-refractivity contribution in [2.24, 2.45) is 23.5 Å². The number of carbonyl (C=O) groups excluding carboxylic acids is 2. The predicted molar refractivity (Wildman–Crippen MR) is 160 cm³/mol. The number of anilines is 1. The summed E-state index contributed by atoms with van der Waals surface area (Å²) in [6, 6.07) is 0.753. The quantitative estimate of drug-likeness (QED) is 0.302. The normalized spacial score (nSPS) is 29.9. The van der Waals surface area contributed by atoms with Gasteiger partial charge >= 0.3 is 216 Å². The molecule has 0 aromatic heterocycles. The molecule has 223 valence electrons. The van der Waals surface area contributed by atoms with Crippen molar-refractivity contribution in [1.29, 1.82) is 0 Å². The second kappa shape index (κ2) is 9.43. The number of phenols is 1. The van der Waals surface area contributed by atoms with E-state index < -0.39 is 52.0 Å². The molecule has 1 aromatic rings. The summed E-state index contributed by atoms with van der Waals surface area (Å²) in [5.41, 5.74) is 5.04. The van der Waals surface area contributed by atoms with Crippen LogP contribution in [0, 0.1) is 17.8 Å². The van der Waals surface area contributed by atoms with Gasteiger partial charge in [0, 0.05) is 0 Å². The Bertz CT molecular complexity index is 1490. The summed E-state index contributed by atoms with van der Waals surface area (Å²) in [4.78, 5) is 32.5. The molecule has 3 fully saturated rings. The first-order valence-electron chi connectivity index (χ1n) is 14.7. The Morgan fingerprint density at radius 3 is 2.29 bits per heavy atom. The molecule has 0 unspecified atom stereocenters. The molecule has 3 saturated carbocycles. The molecule has 0 saturated heterocycles. The molecule has 1 aromatic carbocycles. The van der Waals surface area contributed by atoms with Crippen molar-refractivity contribution in [3.8, 4) is 5.75 Å². The standard InChI is InChI=1S/C31H40BN4O6/c1-34(2)23-15(13-36(5)30(8-9-30)16-6-7-16)12-19(37)21-17(23)10-14-11-18-24(35(3)4)26(39)22(29(33)41)27(32)31(18,42)28(40)20(14)25(21)38/h12,14,16,18,24,37-39,42H,6-11,13H2,1-5H3,(H2,33,41)/t14-,18-,24-,31+/m0/s1. The van der Waals surface area contributed by atoms with Gasteiger partial charge in [0.25, 0.3) is 0 Å². The third-order valence-corrected chi connectivity index (χ3v) is 10.6. The topological polar surface area (TPSA) is 151 Å². The molecule has 1 radical (unpaired) electrons. The Kier molecular flexibility index (Phi) is 6.50. The van der Waals surface area contributed by atoms with Crippen LogP contribution < -0.4 is 10.6 Å². The van der Waals surface area contributed by atoms with Gasteiger partial charge in [-0.25, -0.2) is 0 Å². The number of hydrogen-bond acceptors (Lipinski definition) is 9. The maximum absolute atomic E-state index is 14.2. The van der Waals surface area contributed by atoms with E-state index in [1.807, 2.05) is 19.0 Å². The summed E-state index contributed by atoms with van der Waals surface area (Å²) < 4.78 is 0. The minimum atomic E-state index is -2.38. The number of Topliss-reactive ketones (excluding diaryl/α,β-unsaturated/α-hetero) is 1. The Morgan fingerprint density at radius 1 is 1.12 bits per heavy atom. The van der Waals surface area contributed by atoms with Crippen LogP contribution in [0.2, 0.25) is 0 Å². The molecule has 4 atom stereocenters. The SMILES string of the molecule is [B]=C1C(C(N)=O)=C(O)[C@@H](N(C)C)[C@@H]2C[C@@H]3Cc4c(c(O)cc(CN(C)C5(C6CC6)CC5)c4N(C)C)C(O)=C3C(=O)[C@]12O. The number of rotatable bonds is 7. The number of ketones is 1. The zero-order valence-corrected chi connectivity index (χ0v) is 24.9. The van der Waals surface area contributed by atoms with Crippen molar-refractivity contribution in [1.82, 2.24) is 9.80 Å². The Labute approximate surface area is 247 Å². The van der Waals surface area contributed by atoms with E-state index in [9.17, 15) is 30.0 Å². The summed E-state index contributed by atoms with van der Waals surface area (Å²) >= 11 is 0.